The molecule has 1 fully saturated rings. The van der Waals surface area contributed by atoms with Gasteiger partial charge in [-0.2, -0.15) is 13.2 Å². The Morgan fingerprint density at radius 1 is 1.33 bits per heavy atom. The number of halogens is 3. The zero-order valence-electron chi connectivity index (χ0n) is 7.88. The molecule has 0 radical (unpaired) electrons. The number of anilines is 2. The zero-order chi connectivity index (χ0) is 11.1. The second-order valence-electron chi connectivity index (χ2n) is 3.48. The fraction of sp³-hybridized carbons (Fsp3) is 0.444. The Morgan fingerprint density at radius 2 is 2.00 bits per heavy atom. The van der Waals surface area contributed by atoms with Gasteiger partial charge in [-0.1, -0.05) is 0 Å². The van der Waals surface area contributed by atoms with Crippen LogP contribution in [0.1, 0.15) is 12.0 Å². The average Bonchev–Trinajstić information content (AvgIpc) is 2.03. The molecule has 2 rings (SSSR count). The number of nitrogens with two attached hydrogens (primary N) is 1. The molecule has 0 aliphatic carbocycles. The fourth-order valence-corrected chi connectivity index (χ4v) is 1.46. The molecule has 1 aromatic rings. The molecule has 0 aromatic carbocycles. The second-order valence-corrected chi connectivity index (χ2v) is 3.48. The first kappa shape index (κ1) is 10.1. The lowest BCUT2D eigenvalue weighted by Gasteiger charge is -2.33. The Hall–Kier alpha value is -1.46. The van der Waals surface area contributed by atoms with Gasteiger partial charge in [-0.3, -0.25) is 0 Å². The summed E-state index contributed by atoms with van der Waals surface area (Å²) in [5.74, 6) is -0.0112. The third kappa shape index (κ3) is 1.84. The molecule has 6 heteroatoms. The number of rotatable bonds is 1. The van der Waals surface area contributed by atoms with Gasteiger partial charge in [0.25, 0.3) is 0 Å². The van der Waals surface area contributed by atoms with Crippen LogP contribution in [0.2, 0.25) is 0 Å². The Balaban J connectivity index is 2.44. The number of alkyl halides is 3. The molecule has 0 bridgehead atoms. The molecule has 15 heavy (non-hydrogen) atoms. The fourth-order valence-electron chi connectivity index (χ4n) is 1.46. The molecule has 1 aliphatic heterocycles. The van der Waals surface area contributed by atoms with Gasteiger partial charge in [0.1, 0.15) is 11.4 Å². The van der Waals surface area contributed by atoms with Crippen LogP contribution in [-0.2, 0) is 6.18 Å². The highest BCUT2D eigenvalue weighted by molar-refractivity contribution is 5.55. The first-order chi connectivity index (χ1) is 6.98. The highest BCUT2D eigenvalue weighted by Crippen LogP contribution is 2.37. The maximum atomic E-state index is 12.6. The first-order valence-corrected chi connectivity index (χ1v) is 4.56. The highest BCUT2D eigenvalue weighted by atomic mass is 19.4. The number of nitrogens with zero attached hydrogens (tertiary/aromatic N) is 2. The lowest BCUT2D eigenvalue weighted by molar-refractivity contribution is -0.137. The minimum Gasteiger partial charge on any atom is -0.397 e. The standard InChI is InChI=1S/C9H10F3N3/c10-9(11,12)7-4-6(13)5-14-8(7)15-2-1-3-15/h4-5H,1-3,13H2. The second kappa shape index (κ2) is 3.29. The quantitative estimate of drug-likeness (QED) is 0.781. The summed E-state index contributed by atoms with van der Waals surface area (Å²) < 4.78 is 37.9. The summed E-state index contributed by atoms with van der Waals surface area (Å²) in [4.78, 5) is 5.35. The Labute approximate surface area is 84.7 Å². The van der Waals surface area contributed by atoms with E-state index in [0.717, 1.165) is 12.5 Å². The lowest BCUT2D eigenvalue weighted by Crippen LogP contribution is -2.39. The van der Waals surface area contributed by atoms with Gasteiger partial charge in [0, 0.05) is 13.1 Å². The predicted octanol–water partition coefficient (Wildman–Crippen LogP) is 1.89. The molecule has 3 nitrogen and oxygen atoms in total. The van der Waals surface area contributed by atoms with Crippen molar-refractivity contribution in [2.45, 2.75) is 12.6 Å². The highest BCUT2D eigenvalue weighted by Gasteiger charge is 2.37. The third-order valence-corrected chi connectivity index (χ3v) is 2.35. The summed E-state index contributed by atoms with van der Waals surface area (Å²) in [6.45, 7) is 1.25. The van der Waals surface area contributed by atoms with Crippen LogP contribution in [0.4, 0.5) is 24.7 Å². The van der Waals surface area contributed by atoms with E-state index in [4.69, 9.17) is 5.73 Å². The molecule has 1 aliphatic rings. The van der Waals surface area contributed by atoms with Crippen molar-refractivity contribution in [1.82, 2.24) is 4.98 Å². The van der Waals surface area contributed by atoms with E-state index >= 15 is 0 Å². The maximum Gasteiger partial charge on any atom is 0.420 e. The smallest absolute Gasteiger partial charge is 0.397 e. The van der Waals surface area contributed by atoms with Crippen molar-refractivity contribution < 1.29 is 13.2 Å². The van der Waals surface area contributed by atoms with Crippen LogP contribution in [0.15, 0.2) is 12.3 Å². The van der Waals surface area contributed by atoms with E-state index in [2.05, 4.69) is 4.98 Å². The van der Waals surface area contributed by atoms with Crippen molar-refractivity contribution in [3.63, 3.8) is 0 Å². The van der Waals surface area contributed by atoms with Crippen LogP contribution < -0.4 is 10.6 Å². The molecular weight excluding hydrogens is 207 g/mol. The predicted molar refractivity (Wildman–Crippen MR) is 50.5 cm³/mol. The molecule has 82 valence electrons. The van der Waals surface area contributed by atoms with Crippen LogP contribution in [0.25, 0.3) is 0 Å². The number of hydrogen-bond acceptors (Lipinski definition) is 3. The van der Waals surface area contributed by atoms with E-state index in [1.165, 1.54) is 6.20 Å². The molecule has 0 spiro atoms. The van der Waals surface area contributed by atoms with Crippen molar-refractivity contribution in [3.05, 3.63) is 17.8 Å². The Morgan fingerprint density at radius 3 is 2.47 bits per heavy atom. The summed E-state index contributed by atoms with van der Waals surface area (Å²) in [5.41, 5.74) is 4.59. The molecule has 0 unspecified atom stereocenters. The molecule has 0 saturated carbocycles. The number of hydrogen-bond donors (Lipinski definition) is 1. The molecular formula is C9H10F3N3. The van der Waals surface area contributed by atoms with Gasteiger partial charge in [0.2, 0.25) is 0 Å². The summed E-state index contributed by atoms with van der Waals surface area (Å²) in [6, 6.07) is 0.931. The molecule has 0 atom stereocenters. The minimum atomic E-state index is -4.40. The van der Waals surface area contributed by atoms with E-state index in [-0.39, 0.29) is 11.5 Å². The van der Waals surface area contributed by atoms with Crippen molar-refractivity contribution in [2.24, 2.45) is 0 Å². The molecule has 1 aromatic heterocycles. The van der Waals surface area contributed by atoms with Crippen molar-refractivity contribution in [3.8, 4) is 0 Å². The Kier molecular flexibility index (Phi) is 2.21. The van der Waals surface area contributed by atoms with Gasteiger partial charge in [-0.05, 0) is 12.5 Å². The van der Waals surface area contributed by atoms with Crippen LogP contribution in [0.3, 0.4) is 0 Å². The van der Waals surface area contributed by atoms with E-state index in [1.54, 1.807) is 4.90 Å². The average molecular weight is 217 g/mol. The molecule has 2 N–H and O–H groups in total. The van der Waals surface area contributed by atoms with Crippen LogP contribution in [0.5, 0.6) is 0 Å². The number of pyridine rings is 1. The van der Waals surface area contributed by atoms with Gasteiger partial charge >= 0.3 is 6.18 Å². The number of nitrogen functional groups attached to an aromatic ring is 1. The molecule has 1 saturated heterocycles. The first-order valence-electron chi connectivity index (χ1n) is 4.56. The van der Waals surface area contributed by atoms with Crippen molar-refractivity contribution in [1.29, 1.82) is 0 Å². The monoisotopic (exact) mass is 217 g/mol. The van der Waals surface area contributed by atoms with Crippen LogP contribution in [-0.4, -0.2) is 18.1 Å². The van der Waals surface area contributed by atoms with Crippen LogP contribution in [0, 0.1) is 0 Å². The van der Waals surface area contributed by atoms with Gasteiger partial charge in [0.15, 0.2) is 0 Å². The zero-order valence-corrected chi connectivity index (χ0v) is 7.88. The van der Waals surface area contributed by atoms with Gasteiger partial charge in [0.05, 0.1) is 11.9 Å². The van der Waals surface area contributed by atoms with Crippen molar-refractivity contribution >= 4 is 11.5 Å². The largest absolute Gasteiger partial charge is 0.420 e. The van der Waals surface area contributed by atoms with E-state index in [0.29, 0.717) is 13.1 Å². The van der Waals surface area contributed by atoms with Gasteiger partial charge in [-0.25, -0.2) is 4.98 Å². The van der Waals surface area contributed by atoms with Gasteiger partial charge < -0.3 is 10.6 Å². The summed E-state index contributed by atoms with van der Waals surface area (Å²) in [7, 11) is 0. The van der Waals surface area contributed by atoms with E-state index in [1.807, 2.05) is 0 Å². The number of aromatic nitrogens is 1. The molecule has 0 amide bonds. The van der Waals surface area contributed by atoms with E-state index < -0.39 is 11.7 Å². The third-order valence-electron chi connectivity index (χ3n) is 2.35. The topological polar surface area (TPSA) is 42.1 Å². The summed E-state index contributed by atoms with van der Waals surface area (Å²) in [5, 5.41) is 0. The van der Waals surface area contributed by atoms with Crippen molar-refractivity contribution in [2.75, 3.05) is 23.7 Å². The maximum absolute atomic E-state index is 12.6. The SMILES string of the molecule is Nc1cnc(N2CCC2)c(C(F)(F)F)c1. The van der Waals surface area contributed by atoms with Gasteiger partial charge in [-0.15, -0.1) is 0 Å². The minimum absolute atomic E-state index is 0.0112. The summed E-state index contributed by atoms with van der Waals surface area (Å²) >= 11 is 0. The summed E-state index contributed by atoms with van der Waals surface area (Å²) in [6.07, 6.45) is -2.24. The molecule has 2 heterocycles. The normalized spacial score (nSPS) is 16.3. The lowest BCUT2D eigenvalue weighted by atomic mass is 10.1. The Bertz CT molecular complexity index is 371. The van der Waals surface area contributed by atoms with E-state index in [9.17, 15) is 13.2 Å². The van der Waals surface area contributed by atoms with Crippen LogP contribution >= 0.6 is 0 Å².